The van der Waals surface area contributed by atoms with Crippen LogP contribution in [0.2, 0.25) is 0 Å². The molecule has 1 aliphatic heterocycles. The second-order valence-electron chi connectivity index (χ2n) is 7.85. The Morgan fingerprint density at radius 3 is 2.06 bits per heavy atom. The number of phenolic OH excluding ortho intramolecular Hbond substituents is 1. The number of rotatable bonds is 5. The number of carbonyl (C=O) groups excluding carboxylic acids is 2. The lowest BCUT2D eigenvalue weighted by molar-refractivity contribution is -0.137. The molecule has 1 heterocycles. The number of methoxy groups -OCH3 is 2. The quantitative estimate of drug-likeness (QED) is 0.290. The molecule has 10 heteroatoms. The predicted molar refractivity (Wildman–Crippen MR) is 124 cm³/mol. The minimum absolute atomic E-state index is 0.00618. The second kappa shape index (κ2) is 9.29. The molecule has 36 heavy (non-hydrogen) atoms. The van der Waals surface area contributed by atoms with Gasteiger partial charge in [0.15, 0.2) is 0 Å². The first-order valence-corrected chi connectivity index (χ1v) is 10.6. The smallest absolute Gasteiger partial charge is 0.416 e. The molecule has 1 atom stereocenters. The maximum absolute atomic E-state index is 13.4. The normalized spacial score (nSPS) is 17.4. The molecule has 3 aromatic carbocycles. The summed E-state index contributed by atoms with van der Waals surface area (Å²) in [6.45, 7) is 0. The van der Waals surface area contributed by atoms with E-state index in [9.17, 15) is 33.0 Å². The van der Waals surface area contributed by atoms with Crippen LogP contribution in [0, 0.1) is 0 Å². The highest BCUT2D eigenvalue weighted by molar-refractivity contribution is 6.51. The summed E-state index contributed by atoms with van der Waals surface area (Å²) < 4.78 is 50.9. The average molecular weight is 499 g/mol. The van der Waals surface area contributed by atoms with Crippen LogP contribution in [0.5, 0.6) is 17.2 Å². The number of hydrogen-bond donors (Lipinski definition) is 2. The third-order valence-corrected chi connectivity index (χ3v) is 5.77. The molecule has 2 N–H and O–H groups in total. The average Bonchev–Trinajstić information content (AvgIpc) is 3.13. The number of aromatic hydroxyl groups is 1. The Bertz CT molecular complexity index is 1340. The Labute approximate surface area is 203 Å². The highest BCUT2D eigenvalue weighted by atomic mass is 19.4. The van der Waals surface area contributed by atoms with Crippen LogP contribution in [0.25, 0.3) is 5.76 Å². The predicted octanol–water partition coefficient (Wildman–Crippen LogP) is 5.05. The summed E-state index contributed by atoms with van der Waals surface area (Å²) in [5.41, 5.74) is -1.34. The van der Waals surface area contributed by atoms with Gasteiger partial charge in [0, 0.05) is 5.69 Å². The van der Waals surface area contributed by atoms with E-state index >= 15 is 0 Å². The molecular formula is C26H20F3NO6. The van der Waals surface area contributed by atoms with Gasteiger partial charge in [-0.15, -0.1) is 0 Å². The maximum atomic E-state index is 13.4. The summed E-state index contributed by atoms with van der Waals surface area (Å²) in [6, 6.07) is 12.7. The highest BCUT2D eigenvalue weighted by Gasteiger charge is 2.48. The molecule has 1 aliphatic rings. The number of benzene rings is 3. The Kier molecular flexibility index (Phi) is 6.36. The summed E-state index contributed by atoms with van der Waals surface area (Å²) in [4.78, 5) is 27.4. The summed E-state index contributed by atoms with van der Waals surface area (Å²) >= 11 is 0. The van der Waals surface area contributed by atoms with E-state index in [4.69, 9.17) is 9.47 Å². The SMILES string of the molecule is COc1cccc(OC)c1/C(O)=C1\C(=O)C(=O)N(c2cccc(C(F)(F)F)c2)C1c1ccc(O)cc1. The molecule has 7 nitrogen and oxygen atoms in total. The van der Waals surface area contributed by atoms with E-state index in [1.165, 1.54) is 56.7 Å². The molecule has 0 radical (unpaired) electrons. The number of aliphatic hydroxyl groups excluding tert-OH is 1. The Morgan fingerprint density at radius 2 is 1.50 bits per heavy atom. The summed E-state index contributed by atoms with van der Waals surface area (Å²) in [5.74, 6) is -2.71. The van der Waals surface area contributed by atoms with Gasteiger partial charge in [-0.25, -0.2) is 0 Å². The van der Waals surface area contributed by atoms with Crippen molar-refractivity contribution in [3.63, 3.8) is 0 Å². The van der Waals surface area contributed by atoms with Gasteiger partial charge in [0.25, 0.3) is 11.7 Å². The van der Waals surface area contributed by atoms with Crippen molar-refractivity contribution in [1.29, 1.82) is 0 Å². The lowest BCUT2D eigenvalue weighted by Gasteiger charge is -2.26. The van der Waals surface area contributed by atoms with Crippen molar-refractivity contribution < 1.29 is 42.4 Å². The number of anilines is 1. The first-order chi connectivity index (χ1) is 17.1. The number of ketones is 1. The van der Waals surface area contributed by atoms with Crippen molar-refractivity contribution in [1.82, 2.24) is 0 Å². The van der Waals surface area contributed by atoms with Crippen molar-refractivity contribution in [2.75, 3.05) is 19.1 Å². The number of ether oxygens (including phenoxy) is 2. The van der Waals surface area contributed by atoms with E-state index in [0.717, 1.165) is 23.1 Å². The van der Waals surface area contributed by atoms with Gasteiger partial charge in [-0.05, 0) is 48.0 Å². The number of carbonyl (C=O) groups is 2. The van der Waals surface area contributed by atoms with E-state index in [2.05, 4.69) is 0 Å². The first-order valence-electron chi connectivity index (χ1n) is 10.6. The number of aliphatic hydroxyl groups is 1. The Balaban J connectivity index is 2.01. The number of Topliss-reactive ketones (excluding diaryl/α,β-unsaturated/α-hetero) is 1. The molecule has 3 aromatic rings. The van der Waals surface area contributed by atoms with Gasteiger partial charge in [0.2, 0.25) is 0 Å². The highest BCUT2D eigenvalue weighted by Crippen LogP contribution is 2.46. The van der Waals surface area contributed by atoms with Crippen LogP contribution in [0.15, 0.2) is 72.3 Å². The topological polar surface area (TPSA) is 96.3 Å². The van der Waals surface area contributed by atoms with Crippen molar-refractivity contribution in [2.24, 2.45) is 0 Å². The second-order valence-corrected chi connectivity index (χ2v) is 7.85. The van der Waals surface area contributed by atoms with E-state index in [1.807, 2.05) is 0 Å². The molecule has 1 unspecified atom stereocenters. The molecule has 1 amide bonds. The van der Waals surface area contributed by atoms with Gasteiger partial charge < -0.3 is 19.7 Å². The van der Waals surface area contributed by atoms with Crippen LogP contribution in [0.4, 0.5) is 18.9 Å². The minimum atomic E-state index is -4.69. The van der Waals surface area contributed by atoms with Crippen LogP contribution < -0.4 is 14.4 Å². The van der Waals surface area contributed by atoms with E-state index in [0.29, 0.717) is 0 Å². The van der Waals surface area contributed by atoms with Crippen LogP contribution >= 0.6 is 0 Å². The molecule has 1 saturated heterocycles. The molecule has 186 valence electrons. The van der Waals surface area contributed by atoms with Gasteiger partial charge in [-0.2, -0.15) is 13.2 Å². The number of phenols is 1. The molecule has 0 saturated carbocycles. The van der Waals surface area contributed by atoms with Gasteiger partial charge in [-0.1, -0.05) is 24.3 Å². The molecule has 0 aliphatic carbocycles. The van der Waals surface area contributed by atoms with Crippen LogP contribution in [-0.4, -0.2) is 36.1 Å². The van der Waals surface area contributed by atoms with Gasteiger partial charge >= 0.3 is 6.18 Å². The molecule has 0 bridgehead atoms. The first kappa shape index (κ1) is 24.6. The Morgan fingerprint density at radius 1 is 0.917 bits per heavy atom. The molecule has 1 fully saturated rings. The minimum Gasteiger partial charge on any atom is -0.508 e. The fourth-order valence-electron chi connectivity index (χ4n) is 4.12. The fraction of sp³-hybridized carbons (Fsp3) is 0.154. The van der Waals surface area contributed by atoms with Crippen molar-refractivity contribution in [3.8, 4) is 17.2 Å². The third kappa shape index (κ3) is 4.21. The summed E-state index contributed by atoms with van der Waals surface area (Å²) in [7, 11) is 2.68. The fourth-order valence-corrected chi connectivity index (χ4v) is 4.12. The zero-order chi connectivity index (χ0) is 26.2. The summed E-state index contributed by atoms with van der Waals surface area (Å²) in [5, 5.41) is 21.1. The largest absolute Gasteiger partial charge is 0.508 e. The van der Waals surface area contributed by atoms with Crippen LogP contribution in [0.3, 0.4) is 0 Å². The van der Waals surface area contributed by atoms with Gasteiger partial charge in [-0.3, -0.25) is 14.5 Å². The van der Waals surface area contributed by atoms with Crippen molar-refractivity contribution in [2.45, 2.75) is 12.2 Å². The van der Waals surface area contributed by atoms with Crippen molar-refractivity contribution in [3.05, 3.63) is 89.0 Å². The van der Waals surface area contributed by atoms with Crippen LogP contribution in [-0.2, 0) is 15.8 Å². The maximum Gasteiger partial charge on any atom is 0.416 e. The van der Waals surface area contributed by atoms with Gasteiger partial charge in [0.1, 0.15) is 28.6 Å². The molecule has 4 rings (SSSR count). The van der Waals surface area contributed by atoms with E-state index in [-0.39, 0.29) is 39.6 Å². The standard InChI is InChI=1S/C26H20F3NO6/c1-35-18-7-4-8-19(36-2)20(18)23(32)21-22(14-9-11-17(31)12-10-14)30(25(34)24(21)33)16-6-3-5-15(13-16)26(27,28)29/h3-13,22,31-32H,1-2H3/b23-21+. The number of amides is 1. The summed E-state index contributed by atoms with van der Waals surface area (Å²) in [6.07, 6.45) is -4.69. The molecular weight excluding hydrogens is 479 g/mol. The molecule has 0 spiro atoms. The number of halogens is 3. The lowest BCUT2D eigenvalue weighted by atomic mass is 9.94. The van der Waals surface area contributed by atoms with Gasteiger partial charge in [0.05, 0.1) is 31.4 Å². The van der Waals surface area contributed by atoms with Crippen LogP contribution in [0.1, 0.15) is 22.7 Å². The third-order valence-electron chi connectivity index (χ3n) is 5.77. The Hall–Kier alpha value is -4.47. The lowest BCUT2D eigenvalue weighted by Crippen LogP contribution is -2.29. The number of alkyl halides is 3. The van der Waals surface area contributed by atoms with Crippen molar-refractivity contribution >= 4 is 23.1 Å². The number of hydrogen-bond acceptors (Lipinski definition) is 6. The van der Waals surface area contributed by atoms with E-state index < -0.39 is 35.2 Å². The number of nitrogens with zero attached hydrogens (tertiary/aromatic N) is 1. The monoisotopic (exact) mass is 499 g/mol. The zero-order valence-electron chi connectivity index (χ0n) is 19.0. The van der Waals surface area contributed by atoms with E-state index in [1.54, 1.807) is 6.07 Å². The molecule has 0 aromatic heterocycles. The zero-order valence-corrected chi connectivity index (χ0v) is 19.0.